The molecule has 0 fully saturated rings. The molecule has 88 valence electrons. The quantitative estimate of drug-likeness (QED) is 0.690. The zero-order valence-electron chi connectivity index (χ0n) is 10.6. The molecule has 1 aromatic carbocycles. The van der Waals surface area contributed by atoms with Crippen LogP contribution in [0.15, 0.2) is 12.1 Å². The van der Waals surface area contributed by atoms with Crippen LogP contribution in [0.4, 0.5) is 0 Å². The number of aryl methyl sites for hydroxylation is 2. The Labute approximate surface area is 103 Å². The maximum Gasteiger partial charge on any atom is 0.163 e. The minimum absolute atomic E-state index is 0.0249. The van der Waals surface area contributed by atoms with E-state index in [1.165, 1.54) is 0 Å². The van der Waals surface area contributed by atoms with Gasteiger partial charge in [-0.05, 0) is 42.5 Å². The average molecular weight is 239 g/mol. The third kappa shape index (κ3) is 3.34. The summed E-state index contributed by atoms with van der Waals surface area (Å²) in [6.45, 7) is 10.1. The standard InChI is InChI=1S/C14H19ClO/c1-9-7-12(15)10(2)6-11(9)13(16)8-14(3,4)5/h6-7H,8H2,1-5H3. The first-order chi connectivity index (χ1) is 7.20. The van der Waals surface area contributed by atoms with Crippen molar-refractivity contribution in [3.63, 3.8) is 0 Å². The van der Waals surface area contributed by atoms with Crippen LogP contribution in [0.25, 0.3) is 0 Å². The summed E-state index contributed by atoms with van der Waals surface area (Å²) in [4.78, 5) is 12.1. The summed E-state index contributed by atoms with van der Waals surface area (Å²) in [5.74, 6) is 0.199. The molecule has 1 rings (SSSR count). The molecule has 0 radical (unpaired) electrons. The van der Waals surface area contributed by atoms with Crippen molar-refractivity contribution in [2.75, 3.05) is 0 Å². The number of Topliss-reactive ketones (excluding diaryl/α,β-unsaturated/α-hetero) is 1. The Morgan fingerprint density at radius 3 is 2.25 bits per heavy atom. The Bertz CT molecular complexity index is 413. The van der Waals surface area contributed by atoms with Gasteiger partial charge in [0.25, 0.3) is 0 Å². The fourth-order valence-electron chi connectivity index (χ4n) is 1.66. The molecule has 0 aromatic heterocycles. The molecule has 0 N–H and O–H groups in total. The van der Waals surface area contributed by atoms with Crippen LogP contribution >= 0.6 is 11.6 Å². The third-order valence-electron chi connectivity index (χ3n) is 2.50. The van der Waals surface area contributed by atoms with Gasteiger partial charge in [-0.2, -0.15) is 0 Å². The van der Waals surface area contributed by atoms with E-state index in [9.17, 15) is 4.79 Å². The summed E-state index contributed by atoms with van der Waals surface area (Å²) >= 11 is 6.01. The highest BCUT2D eigenvalue weighted by Gasteiger charge is 2.19. The van der Waals surface area contributed by atoms with Crippen LogP contribution in [0.5, 0.6) is 0 Å². The zero-order chi connectivity index (χ0) is 12.5. The monoisotopic (exact) mass is 238 g/mol. The molecule has 0 saturated heterocycles. The summed E-state index contributed by atoms with van der Waals surface area (Å²) in [6, 6.07) is 3.76. The SMILES string of the molecule is Cc1cc(C(=O)CC(C)(C)C)c(C)cc1Cl. The molecular weight excluding hydrogens is 220 g/mol. The Balaban J connectivity index is 3.05. The molecule has 0 amide bonds. The number of hydrogen-bond acceptors (Lipinski definition) is 1. The van der Waals surface area contributed by atoms with Gasteiger partial charge in [0.2, 0.25) is 0 Å². The highest BCUT2D eigenvalue weighted by Crippen LogP contribution is 2.26. The van der Waals surface area contributed by atoms with Crippen molar-refractivity contribution in [2.45, 2.75) is 41.0 Å². The Kier molecular flexibility index (Phi) is 3.80. The largest absolute Gasteiger partial charge is 0.294 e. The number of rotatable bonds is 2. The number of carbonyl (C=O) groups is 1. The lowest BCUT2D eigenvalue weighted by molar-refractivity contribution is 0.0939. The van der Waals surface area contributed by atoms with E-state index in [4.69, 9.17) is 11.6 Å². The smallest absolute Gasteiger partial charge is 0.163 e. The van der Waals surface area contributed by atoms with Crippen LogP contribution < -0.4 is 0 Å². The highest BCUT2D eigenvalue weighted by atomic mass is 35.5. The van der Waals surface area contributed by atoms with Crippen molar-refractivity contribution in [3.8, 4) is 0 Å². The van der Waals surface area contributed by atoms with Gasteiger partial charge in [0, 0.05) is 17.0 Å². The Hall–Kier alpha value is -0.820. The van der Waals surface area contributed by atoms with E-state index < -0.39 is 0 Å². The molecule has 0 saturated carbocycles. The highest BCUT2D eigenvalue weighted by molar-refractivity contribution is 6.31. The molecular formula is C14H19ClO. The van der Waals surface area contributed by atoms with E-state index in [1.807, 2.05) is 26.0 Å². The van der Waals surface area contributed by atoms with Crippen molar-refractivity contribution in [1.29, 1.82) is 0 Å². The molecule has 0 atom stereocenters. The van der Waals surface area contributed by atoms with E-state index in [-0.39, 0.29) is 11.2 Å². The topological polar surface area (TPSA) is 17.1 Å². The maximum absolute atomic E-state index is 12.1. The number of halogens is 1. The average Bonchev–Trinajstić information content (AvgIpc) is 2.08. The Morgan fingerprint density at radius 1 is 1.19 bits per heavy atom. The molecule has 16 heavy (non-hydrogen) atoms. The fourth-order valence-corrected chi connectivity index (χ4v) is 1.88. The van der Waals surface area contributed by atoms with Gasteiger partial charge in [-0.3, -0.25) is 4.79 Å². The molecule has 2 heteroatoms. The predicted molar refractivity (Wildman–Crippen MR) is 69.3 cm³/mol. The van der Waals surface area contributed by atoms with Crippen LogP contribution in [0.1, 0.15) is 48.7 Å². The summed E-state index contributed by atoms with van der Waals surface area (Å²) in [6.07, 6.45) is 0.564. The molecule has 0 aliphatic heterocycles. The predicted octanol–water partition coefficient (Wildman–Crippen LogP) is 4.58. The number of ketones is 1. The van der Waals surface area contributed by atoms with Crippen LogP contribution in [0.3, 0.4) is 0 Å². The van der Waals surface area contributed by atoms with E-state index in [0.717, 1.165) is 21.7 Å². The number of carbonyl (C=O) groups excluding carboxylic acids is 1. The van der Waals surface area contributed by atoms with Gasteiger partial charge in [-0.25, -0.2) is 0 Å². The van der Waals surface area contributed by atoms with Crippen molar-refractivity contribution in [3.05, 3.63) is 33.8 Å². The number of hydrogen-bond donors (Lipinski definition) is 0. The van der Waals surface area contributed by atoms with Gasteiger partial charge < -0.3 is 0 Å². The van der Waals surface area contributed by atoms with Crippen molar-refractivity contribution >= 4 is 17.4 Å². The minimum Gasteiger partial charge on any atom is -0.294 e. The van der Waals surface area contributed by atoms with Crippen molar-refractivity contribution in [2.24, 2.45) is 5.41 Å². The van der Waals surface area contributed by atoms with E-state index in [2.05, 4.69) is 20.8 Å². The molecule has 0 spiro atoms. The van der Waals surface area contributed by atoms with E-state index >= 15 is 0 Å². The van der Waals surface area contributed by atoms with Crippen molar-refractivity contribution in [1.82, 2.24) is 0 Å². The van der Waals surface area contributed by atoms with Gasteiger partial charge >= 0.3 is 0 Å². The molecule has 0 aliphatic rings. The van der Waals surface area contributed by atoms with Gasteiger partial charge in [0.15, 0.2) is 5.78 Å². The molecule has 0 bridgehead atoms. The van der Waals surface area contributed by atoms with Gasteiger partial charge in [-0.15, -0.1) is 0 Å². The second kappa shape index (κ2) is 4.58. The lowest BCUT2D eigenvalue weighted by atomic mass is 9.86. The summed E-state index contributed by atoms with van der Waals surface area (Å²) < 4.78 is 0. The van der Waals surface area contributed by atoms with E-state index in [1.54, 1.807) is 0 Å². The normalized spacial score (nSPS) is 11.6. The van der Waals surface area contributed by atoms with Gasteiger partial charge in [0.05, 0.1) is 0 Å². The van der Waals surface area contributed by atoms with Crippen LogP contribution in [0, 0.1) is 19.3 Å². The summed E-state index contributed by atoms with van der Waals surface area (Å²) in [5, 5.41) is 0.727. The molecule has 1 nitrogen and oxygen atoms in total. The van der Waals surface area contributed by atoms with Gasteiger partial charge in [-0.1, -0.05) is 32.4 Å². The lowest BCUT2D eigenvalue weighted by Crippen LogP contribution is -2.14. The minimum atomic E-state index is 0.0249. The second-order valence-electron chi connectivity index (χ2n) is 5.58. The lowest BCUT2D eigenvalue weighted by Gasteiger charge is -2.18. The van der Waals surface area contributed by atoms with Crippen LogP contribution in [0.2, 0.25) is 5.02 Å². The van der Waals surface area contributed by atoms with Gasteiger partial charge in [0.1, 0.15) is 0 Å². The van der Waals surface area contributed by atoms with Crippen molar-refractivity contribution < 1.29 is 4.79 Å². The molecule has 1 aromatic rings. The summed E-state index contributed by atoms with van der Waals surface area (Å²) in [7, 11) is 0. The van der Waals surface area contributed by atoms with Crippen LogP contribution in [-0.4, -0.2) is 5.78 Å². The third-order valence-corrected chi connectivity index (χ3v) is 2.90. The first kappa shape index (κ1) is 13.2. The maximum atomic E-state index is 12.1. The molecule has 0 heterocycles. The van der Waals surface area contributed by atoms with E-state index in [0.29, 0.717) is 6.42 Å². The summed E-state index contributed by atoms with van der Waals surface area (Å²) in [5.41, 5.74) is 2.75. The van der Waals surface area contributed by atoms with Crippen LogP contribution in [-0.2, 0) is 0 Å². The number of benzene rings is 1. The molecule has 0 aliphatic carbocycles. The first-order valence-corrected chi connectivity index (χ1v) is 5.88. The zero-order valence-corrected chi connectivity index (χ0v) is 11.4. The Morgan fingerprint density at radius 2 is 1.75 bits per heavy atom. The molecule has 0 unspecified atom stereocenters. The first-order valence-electron chi connectivity index (χ1n) is 5.50. The second-order valence-corrected chi connectivity index (χ2v) is 5.98. The fraction of sp³-hybridized carbons (Fsp3) is 0.500.